The molecule has 3 heteroatoms. The molecule has 0 aliphatic heterocycles. The van der Waals surface area contributed by atoms with E-state index in [0.29, 0.717) is 6.04 Å². The molecule has 0 bridgehead atoms. The van der Waals surface area contributed by atoms with Crippen LogP contribution < -0.4 is 16.0 Å². The van der Waals surface area contributed by atoms with Crippen LogP contribution in [0.15, 0.2) is 18.2 Å². The van der Waals surface area contributed by atoms with Crippen LogP contribution in [0.4, 0.5) is 0 Å². The van der Waals surface area contributed by atoms with Crippen molar-refractivity contribution in [3.8, 4) is 5.75 Å². The third-order valence-corrected chi connectivity index (χ3v) is 3.28. The van der Waals surface area contributed by atoms with Crippen LogP contribution in [0.2, 0.25) is 0 Å². The van der Waals surface area contributed by atoms with Gasteiger partial charge in [-0.25, -0.2) is 0 Å². The number of ether oxygens (including phenoxy) is 1. The fraction of sp³-hybridized carbons (Fsp3) is 0.538. The predicted molar refractivity (Wildman–Crippen MR) is 65.3 cm³/mol. The average Bonchev–Trinajstić information content (AvgIpc) is 3.10. The number of hydrazine groups is 1. The summed E-state index contributed by atoms with van der Waals surface area (Å²) < 4.78 is 5.38. The summed E-state index contributed by atoms with van der Waals surface area (Å²) in [7, 11) is 1.72. The molecule has 16 heavy (non-hydrogen) atoms. The molecule has 0 radical (unpaired) electrons. The number of hydrogen-bond acceptors (Lipinski definition) is 3. The molecule has 0 aromatic heterocycles. The third-order valence-electron chi connectivity index (χ3n) is 3.28. The highest BCUT2D eigenvalue weighted by atomic mass is 16.5. The highest BCUT2D eigenvalue weighted by molar-refractivity contribution is 5.37. The minimum Gasteiger partial charge on any atom is -0.496 e. The van der Waals surface area contributed by atoms with Crippen LogP contribution in [0.3, 0.4) is 0 Å². The van der Waals surface area contributed by atoms with E-state index in [1.807, 2.05) is 6.07 Å². The van der Waals surface area contributed by atoms with Crippen LogP contribution in [0.5, 0.6) is 5.75 Å². The molecule has 1 saturated carbocycles. The van der Waals surface area contributed by atoms with Crippen LogP contribution in [-0.4, -0.2) is 13.2 Å². The summed E-state index contributed by atoms with van der Waals surface area (Å²) in [6, 6.07) is 6.68. The van der Waals surface area contributed by atoms with Gasteiger partial charge >= 0.3 is 0 Å². The molecule has 3 N–H and O–H groups in total. The molecule has 1 atom stereocenters. The van der Waals surface area contributed by atoms with Gasteiger partial charge in [0.05, 0.1) is 7.11 Å². The Morgan fingerprint density at radius 3 is 2.81 bits per heavy atom. The lowest BCUT2D eigenvalue weighted by Crippen LogP contribution is -2.38. The summed E-state index contributed by atoms with van der Waals surface area (Å²) >= 11 is 0. The molecule has 0 spiro atoms. The summed E-state index contributed by atoms with van der Waals surface area (Å²) in [5.41, 5.74) is 5.44. The predicted octanol–water partition coefficient (Wildman–Crippen LogP) is 1.79. The molecule has 1 aliphatic rings. The Bertz CT molecular complexity index is 361. The monoisotopic (exact) mass is 220 g/mol. The van der Waals surface area contributed by atoms with Gasteiger partial charge in [0.25, 0.3) is 0 Å². The van der Waals surface area contributed by atoms with E-state index in [1.54, 1.807) is 7.11 Å². The van der Waals surface area contributed by atoms with E-state index in [0.717, 1.165) is 18.1 Å². The number of aryl methyl sites for hydroxylation is 1. The smallest absolute Gasteiger partial charge is 0.122 e. The third kappa shape index (κ3) is 2.54. The summed E-state index contributed by atoms with van der Waals surface area (Å²) in [4.78, 5) is 0. The van der Waals surface area contributed by atoms with Gasteiger partial charge in [-0.3, -0.25) is 11.3 Å². The van der Waals surface area contributed by atoms with Crippen molar-refractivity contribution in [3.63, 3.8) is 0 Å². The zero-order valence-corrected chi connectivity index (χ0v) is 9.99. The second-order valence-corrected chi connectivity index (χ2v) is 4.63. The van der Waals surface area contributed by atoms with Gasteiger partial charge in [-0.2, -0.15) is 0 Å². The van der Waals surface area contributed by atoms with Crippen molar-refractivity contribution in [3.05, 3.63) is 29.3 Å². The van der Waals surface area contributed by atoms with Gasteiger partial charge in [-0.05, 0) is 43.7 Å². The second-order valence-electron chi connectivity index (χ2n) is 4.63. The standard InChI is InChI=1S/C13H20N2O/c1-9-3-6-13(16-2)11(7-9)8-12(15-14)10-4-5-10/h3,6-7,10,12,15H,4-5,8,14H2,1-2H3. The molecular formula is C13H20N2O. The minimum absolute atomic E-state index is 0.385. The van der Waals surface area contributed by atoms with Crippen LogP contribution in [0.25, 0.3) is 0 Å². The molecule has 1 aliphatic carbocycles. The quantitative estimate of drug-likeness (QED) is 0.587. The Morgan fingerprint density at radius 1 is 1.50 bits per heavy atom. The van der Waals surface area contributed by atoms with Crippen molar-refractivity contribution in [1.29, 1.82) is 0 Å². The van der Waals surface area contributed by atoms with Crippen molar-refractivity contribution >= 4 is 0 Å². The maximum Gasteiger partial charge on any atom is 0.122 e. The van der Waals surface area contributed by atoms with Crippen LogP contribution >= 0.6 is 0 Å². The number of nitrogens with two attached hydrogens (primary N) is 1. The van der Waals surface area contributed by atoms with Gasteiger partial charge in [-0.1, -0.05) is 17.7 Å². The molecule has 2 rings (SSSR count). The normalized spacial score (nSPS) is 17.2. The van der Waals surface area contributed by atoms with Crippen molar-refractivity contribution < 1.29 is 4.74 Å². The van der Waals surface area contributed by atoms with E-state index >= 15 is 0 Å². The molecular weight excluding hydrogens is 200 g/mol. The van der Waals surface area contributed by atoms with Crippen molar-refractivity contribution in [2.45, 2.75) is 32.2 Å². The molecule has 1 aromatic carbocycles. The molecule has 0 saturated heterocycles. The van der Waals surface area contributed by atoms with Crippen molar-refractivity contribution in [2.24, 2.45) is 11.8 Å². The zero-order chi connectivity index (χ0) is 11.5. The maximum absolute atomic E-state index is 5.60. The first-order valence-corrected chi connectivity index (χ1v) is 5.84. The number of methoxy groups -OCH3 is 1. The molecule has 0 heterocycles. The Labute approximate surface area is 97.0 Å². The van der Waals surface area contributed by atoms with E-state index in [-0.39, 0.29) is 0 Å². The number of rotatable bonds is 5. The Morgan fingerprint density at radius 2 is 2.25 bits per heavy atom. The molecule has 1 aromatic rings. The highest BCUT2D eigenvalue weighted by Gasteiger charge is 2.30. The highest BCUT2D eigenvalue weighted by Crippen LogP contribution is 2.35. The SMILES string of the molecule is COc1ccc(C)cc1CC(NN)C1CC1. The van der Waals surface area contributed by atoms with Crippen molar-refractivity contribution in [1.82, 2.24) is 5.43 Å². The fourth-order valence-corrected chi connectivity index (χ4v) is 2.16. The largest absolute Gasteiger partial charge is 0.496 e. The van der Waals surface area contributed by atoms with Crippen molar-refractivity contribution in [2.75, 3.05) is 7.11 Å². The van der Waals surface area contributed by atoms with Gasteiger partial charge in [0.1, 0.15) is 5.75 Å². The number of benzene rings is 1. The molecule has 3 nitrogen and oxygen atoms in total. The molecule has 1 unspecified atom stereocenters. The Hall–Kier alpha value is -1.06. The summed E-state index contributed by atoms with van der Waals surface area (Å²) in [5, 5.41) is 0. The second kappa shape index (κ2) is 4.85. The first-order chi connectivity index (χ1) is 7.74. The van der Waals surface area contributed by atoms with Gasteiger partial charge in [0.2, 0.25) is 0 Å². The van der Waals surface area contributed by atoms with E-state index in [9.17, 15) is 0 Å². The lowest BCUT2D eigenvalue weighted by Gasteiger charge is -2.17. The average molecular weight is 220 g/mol. The van der Waals surface area contributed by atoms with Crippen LogP contribution in [0.1, 0.15) is 24.0 Å². The van der Waals surface area contributed by atoms with Crippen LogP contribution in [0, 0.1) is 12.8 Å². The van der Waals surface area contributed by atoms with E-state index in [4.69, 9.17) is 10.6 Å². The lowest BCUT2D eigenvalue weighted by atomic mass is 10.00. The maximum atomic E-state index is 5.60. The Kier molecular flexibility index (Phi) is 3.46. The number of nitrogens with one attached hydrogen (secondary N) is 1. The molecule has 1 fully saturated rings. The first-order valence-electron chi connectivity index (χ1n) is 5.84. The van der Waals surface area contributed by atoms with Crippen LogP contribution in [-0.2, 0) is 6.42 Å². The minimum atomic E-state index is 0.385. The van der Waals surface area contributed by atoms with Gasteiger partial charge in [0, 0.05) is 6.04 Å². The summed E-state index contributed by atoms with van der Waals surface area (Å²) in [5.74, 6) is 7.31. The summed E-state index contributed by atoms with van der Waals surface area (Å²) in [6.45, 7) is 2.10. The molecule has 88 valence electrons. The van der Waals surface area contributed by atoms with Gasteiger partial charge in [-0.15, -0.1) is 0 Å². The van der Waals surface area contributed by atoms with Gasteiger partial charge < -0.3 is 4.74 Å². The lowest BCUT2D eigenvalue weighted by molar-refractivity contribution is 0.400. The topological polar surface area (TPSA) is 47.3 Å². The summed E-state index contributed by atoms with van der Waals surface area (Å²) in [6.07, 6.45) is 3.54. The molecule has 0 amide bonds. The fourth-order valence-electron chi connectivity index (χ4n) is 2.16. The van der Waals surface area contributed by atoms with E-state index < -0.39 is 0 Å². The van der Waals surface area contributed by atoms with E-state index in [1.165, 1.54) is 24.0 Å². The Balaban J connectivity index is 2.14. The zero-order valence-electron chi connectivity index (χ0n) is 9.99. The van der Waals surface area contributed by atoms with E-state index in [2.05, 4.69) is 24.5 Å². The van der Waals surface area contributed by atoms with Gasteiger partial charge in [0.15, 0.2) is 0 Å². The first kappa shape index (κ1) is 11.4. The number of hydrogen-bond donors (Lipinski definition) is 2.